The van der Waals surface area contributed by atoms with Gasteiger partial charge < -0.3 is 14.8 Å². The van der Waals surface area contributed by atoms with Gasteiger partial charge in [0.05, 0.1) is 35.6 Å². The van der Waals surface area contributed by atoms with Crippen molar-refractivity contribution >= 4 is 44.3 Å². The fourth-order valence-corrected chi connectivity index (χ4v) is 3.11. The summed E-state index contributed by atoms with van der Waals surface area (Å²) in [4.78, 5) is 28.1. The van der Waals surface area contributed by atoms with Crippen LogP contribution in [-0.4, -0.2) is 31.1 Å². The van der Waals surface area contributed by atoms with Gasteiger partial charge in [-0.2, -0.15) is 0 Å². The first-order valence-electron chi connectivity index (χ1n) is 7.05. The van der Waals surface area contributed by atoms with Crippen molar-refractivity contribution in [1.29, 1.82) is 0 Å². The number of methoxy groups -OCH3 is 2. The molecule has 0 spiro atoms. The number of anilines is 2. The Balaban J connectivity index is 1.99. The summed E-state index contributed by atoms with van der Waals surface area (Å²) in [5.74, 6) is -1.07. The number of aromatic nitrogens is 1. The second-order valence-corrected chi connectivity index (χ2v) is 5.92. The summed E-state index contributed by atoms with van der Waals surface area (Å²) in [7, 11) is 2.57. The third-order valence-corrected chi connectivity index (χ3v) is 4.27. The monoisotopic (exact) mass is 342 g/mol. The minimum Gasteiger partial charge on any atom is -0.465 e. The second-order valence-electron chi connectivity index (χ2n) is 4.89. The van der Waals surface area contributed by atoms with Crippen LogP contribution in [0.2, 0.25) is 0 Å². The molecule has 0 atom stereocenters. The quantitative estimate of drug-likeness (QED) is 0.730. The van der Waals surface area contributed by atoms with E-state index in [4.69, 9.17) is 9.47 Å². The van der Waals surface area contributed by atoms with Crippen LogP contribution in [0.4, 0.5) is 10.8 Å². The molecule has 0 fully saturated rings. The van der Waals surface area contributed by atoms with Gasteiger partial charge in [-0.25, -0.2) is 14.6 Å². The van der Waals surface area contributed by atoms with Gasteiger partial charge in [-0.3, -0.25) is 0 Å². The van der Waals surface area contributed by atoms with E-state index < -0.39 is 11.9 Å². The molecule has 1 aromatic heterocycles. The molecule has 7 heteroatoms. The van der Waals surface area contributed by atoms with Gasteiger partial charge >= 0.3 is 11.9 Å². The van der Waals surface area contributed by atoms with Crippen molar-refractivity contribution in [2.24, 2.45) is 0 Å². The van der Waals surface area contributed by atoms with Gasteiger partial charge in [-0.15, -0.1) is 0 Å². The molecule has 1 N–H and O–H groups in total. The number of nitrogens with one attached hydrogen (secondary N) is 1. The van der Waals surface area contributed by atoms with E-state index in [9.17, 15) is 9.59 Å². The predicted octanol–water partition coefficient (Wildman–Crippen LogP) is 3.61. The first-order chi connectivity index (χ1) is 11.6. The number of hydrogen-bond donors (Lipinski definition) is 1. The standard InChI is InChI=1S/C17H14N2O4S/c1-22-15(20)10-7-11(16(21)23-2)9-12(8-10)18-17-19-13-5-3-4-6-14(13)24-17/h3-9H,1-2H3,(H,18,19). The number of para-hydroxylation sites is 1. The number of esters is 2. The number of fused-ring (bicyclic) bond motifs is 1. The fourth-order valence-electron chi connectivity index (χ4n) is 2.22. The summed E-state index contributed by atoms with van der Waals surface area (Å²) in [5, 5.41) is 3.79. The third kappa shape index (κ3) is 3.21. The molecule has 0 radical (unpaired) electrons. The SMILES string of the molecule is COC(=O)c1cc(Nc2nc3ccccc3s2)cc(C(=O)OC)c1. The van der Waals surface area contributed by atoms with Crippen LogP contribution in [-0.2, 0) is 9.47 Å². The lowest BCUT2D eigenvalue weighted by atomic mass is 10.1. The Hall–Kier alpha value is -2.93. The van der Waals surface area contributed by atoms with Crippen molar-refractivity contribution in [3.63, 3.8) is 0 Å². The van der Waals surface area contributed by atoms with E-state index in [0.717, 1.165) is 10.2 Å². The van der Waals surface area contributed by atoms with E-state index in [1.807, 2.05) is 24.3 Å². The zero-order valence-corrected chi connectivity index (χ0v) is 13.8. The summed E-state index contributed by atoms with van der Waals surface area (Å²) in [6, 6.07) is 12.4. The Morgan fingerprint density at radius 1 is 1.00 bits per heavy atom. The molecule has 0 aliphatic rings. The van der Waals surface area contributed by atoms with Crippen LogP contribution in [0.1, 0.15) is 20.7 Å². The molecule has 3 rings (SSSR count). The van der Waals surface area contributed by atoms with Crippen LogP contribution in [0.15, 0.2) is 42.5 Å². The highest BCUT2D eigenvalue weighted by Crippen LogP contribution is 2.29. The number of thiazole rings is 1. The molecular formula is C17H14N2O4S. The number of hydrogen-bond acceptors (Lipinski definition) is 7. The molecule has 0 unspecified atom stereocenters. The number of rotatable bonds is 4. The largest absolute Gasteiger partial charge is 0.465 e. The van der Waals surface area contributed by atoms with Gasteiger partial charge in [-0.05, 0) is 30.3 Å². The van der Waals surface area contributed by atoms with Crippen LogP contribution in [0.5, 0.6) is 0 Å². The van der Waals surface area contributed by atoms with Crippen molar-refractivity contribution in [3.8, 4) is 0 Å². The Kier molecular flexibility index (Phi) is 4.43. The summed E-state index contributed by atoms with van der Waals surface area (Å²) in [6.07, 6.45) is 0. The Bertz CT molecular complexity index is 853. The molecule has 3 aromatic rings. The molecular weight excluding hydrogens is 328 g/mol. The molecule has 0 bridgehead atoms. The van der Waals surface area contributed by atoms with E-state index >= 15 is 0 Å². The topological polar surface area (TPSA) is 77.5 Å². The molecule has 1 heterocycles. The van der Waals surface area contributed by atoms with Crippen LogP contribution in [0.3, 0.4) is 0 Å². The molecule has 6 nitrogen and oxygen atoms in total. The summed E-state index contributed by atoms with van der Waals surface area (Å²) in [5.41, 5.74) is 1.94. The van der Waals surface area contributed by atoms with Gasteiger partial charge in [-0.1, -0.05) is 23.5 Å². The zero-order valence-electron chi connectivity index (χ0n) is 13.0. The smallest absolute Gasteiger partial charge is 0.337 e. The fraction of sp³-hybridized carbons (Fsp3) is 0.118. The zero-order chi connectivity index (χ0) is 17.1. The number of benzene rings is 2. The number of nitrogens with zero attached hydrogens (tertiary/aromatic N) is 1. The average Bonchev–Trinajstić information content (AvgIpc) is 3.02. The molecule has 2 aromatic carbocycles. The first kappa shape index (κ1) is 15.9. The Morgan fingerprint density at radius 3 is 2.21 bits per heavy atom. The van der Waals surface area contributed by atoms with Crippen molar-refractivity contribution in [3.05, 3.63) is 53.6 Å². The predicted molar refractivity (Wildman–Crippen MR) is 92.0 cm³/mol. The summed E-state index contributed by atoms with van der Waals surface area (Å²) >= 11 is 1.48. The lowest BCUT2D eigenvalue weighted by Gasteiger charge is -2.08. The molecule has 0 amide bonds. The molecule has 0 aliphatic heterocycles. The highest BCUT2D eigenvalue weighted by molar-refractivity contribution is 7.22. The average molecular weight is 342 g/mol. The van der Waals surface area contributed by atoms with E-state index in [2.05, 4.69) is 10.3 Å². The van der Waals surface area contributed by atoms with E-state index in [-0.39, 0.29) is 11.1 Å². The van der Waals surface area contributed by atoms with Gasteiger partial charge in [0, 0.05) is 5.69 Å². The maximum Gasteiger partial charge on any atom is 0.337 e. The van der Waals surface area contributed by atoms with Gasteiger partial charge in [0.25, 0.3) is 0 Å². The van der Waals surface area contributed by atoms with E-state index in [1.165, 1.54) is 31.6 Å². The summed E-state index contributed by atoms with van der Waals surface area (Å²) < 4.78 is 10.5. The maximum atomic E-state index is 11.8. The minimum atomic E-state index is -0.534. The summed E-state index contributed by atoms with van der Waals surface area (Å²) in [6.45, 7) is 0. The molecule has 0 aliphatic carbocycles. The van der Waals surface area contributed by atoms with Crippen molar-refractivity contribution < 1.29 is 19.1 Å². The van der Waals surface area contributed by atoms with Crippen LogP contribution < -0.4 is 5.32 Å². The lowest BCUT2D eigenvalue weighted by Crippen LogP contribution is -2.07. The molecule has 0 saturated heterocycles. The van der Waals surface area contributed by atoms with E-state index in [0.29, 0.717) is 10.8 Å². The third-order valence-electron chi connectivity index (χ3n) is 3.32. The highest BCUT2D eigenvalue weighted by atomic mass is 32.1. The number of carbonyl (C=O) groups excluding carboxylic acids is 2. The van der Waals surface area contributed by atoms with Crippen molar-refractivity contribution in [2.75, 3.05) is 19.5 Å². The van der Waals surface area contributed by atoms with Crippen LogP contribution in [0.25, 0.3) is 10.2 Å². The molecule has 0 saturated carbocycles. The van der Waals surface area contributed by atoms with Gasteiger partial charge in [0.15, 0.2) is 5.13 Å². The van der Waals surface area contributed by atoms with Crippen LogP contribution in [0, 0.1) is 0 Å². The number of carbonyl (C=O) groups is 2. The van der Waals surface area contributed by atoms with Gasteiger partial charge in [0.1, 0.15) is 0 Å². The highest BCUT2D eigenvalue weighted by Gasteiger charge is 2.14. The Labute approximate surface area is 142 Å². The second kappa shape index (κ2) is 6.67. The Morgan fingerprint density at radius 2 is 1.62 bits per heavy atom. The normalized spacial score (nSPS) is 10.4. The maximum absolute atomic E-state index is 11.8. The lowest BCUT2D eigenvalue weighted by molar-refractivity contribution is 0.0599. The molecule has 24 heavy (non-hydrogen) atoms. The molecule has 122 valence electrons. The minimum absolute atomic E-state index is 0.254. The van der Waals surface area contributed by atoms with E-state index in [1.54, 1.807) is 12.1 Å². The first-order valence-corrected chi connectivity index (χ1v) is 7.86. The number of ether oxygens (including phenoxy) is 2. The van der Waals surface area contributed by atoms with Gasteiger partial charge in [0.2, 0.25) is 0 Å². The van der Waals surface area contributed by atoms with Crippen LogP contribution >= 0.6 is 11.3 Å². The van der Waals surface area contributed by atoms with Crippen molar-refractivity contribution in [1.82, 2.24) is 4.98 Å². The van der Waals surface area contributed by atoms with Crippen molar-refractivity contribution in [2.45, 2.75) is 0 Å².